The summed E-state index contributed by atoms with van der Waals surface area (Å²) in [4.78, 5) is 2.76. The Hall–Kier alpha value is -1.77. The lowest BCUT2D eigenvalue weighted by Crippen LogP contribution is -2.37. The molecular weight excluding hydrogens is 410 g/mol. The lowest BCUT2D eigenvalue weighted by molar-refractivity contribution is 0.0374. The molecule has 2 aromatic carbocycles. The standard InChI is InChI=1S/C24H33N3O3S/c28-31(29,26-24-8-3-6-21-5-1-2-7-23(21)24)22-11-9-20(10-12-22)19-25-13-4-14-27-15-17-30-18-16-27/h1-2,5,7,9-12,24-26H,3-4,6,8,13-19H2. The van der Waals surface area contributed by atoms with Crippen molar-refractivity contribution < 1.29 is 13.2 Å². The molecule has 7 heteroatoms. The van der Waals surface area contributed by atoms with Gasteiger partial charge in [0.05, 0.1) is 18.1 Å². The first kappa shape index (κ1) is 22.4. The second-order valence-electron chi connectivity index (χ2n) is 8.39. The SMILES string of the molecule is O=S(=O)(NC1CCCc2ccccc21)c1ccc(CNCCCN2CCOCC2)cc1. The number of benzene rings is 2. The van der Waals surface area contributed by atoms with Crippen LogP contribution in [0, 0.1) is 0 Å². The van der Waals surface area contributed by atoms with E-state index in [1.807, 2.05) is 30.3 Å². The van der Waals surface area contributed by atoms with Crippen LogP contribution in [0.4, 0.5) is 0 Å². The maximum Gasteiger partial charge on any atom is 0.241 e. The second-order valence-corrected chi connectivity index (χ2v) is 10.1. The van der Waals surface area contributed by atoms with Gasteiger partial charge < -0.3 is 10.1 Å². The minimum Gasteiger partial charge on any atom is -0.379 e. The van der Waals surface area contributed by atoms with Crippen LogP contribution in [0.1, 0.15) is 42.0 Å². The third kappa shape index (κ3) is 6.14. The topological polar surface area (TPSA) is 70.7 Å². The van der Waals surface area contributed by atoms with Crippen LogP contribution in [0.2, 0.25) is 0 Å². The number of nitrogens with one attached hydrogen (secondary N) is 2. The quantitative estimate of drug-likeness (QED) is 0.583. The molecule has 2 N–H and O–H groups in total. The highest BCUT2D eigenvalue weighted by Crippen LogP contribution is 2.30. The highest BCUT2D eigenvalue weighted by Gasteiger charge is 2.25. The van der Waals surface area contributed by atoms with Gasteiger partial charge in [-0.15, -0.1) is 0 Å². The van der Waals surface area contributed by atoms with Crippen molar-refractivity contribution in [3.8, 4) is 0 Å². The predicted octanol–water partition coefficient (Wildman–Crippen LogP) is 2.85. The van der Waals surface area contributed by atoms with Gasteiger partial charge in [0, 0.05) is 25.7 Å². The molecular formula is C24H33N3O3S. The second kappa shape index (κ2) is 10.7. The van der Waals surface area contributed by atoms with Crippen LogP contribution in [0.3, 0.4) is 0 Å². The largest absolute Gasteiger partial charge is 0.379 e. The van der Waals surface area contributed by atoms with Gasteiger partial charge in [-0.1, -0.05) is 36.4 Å². The summed E-state index contributed by atoms with van der Waals surface area (Å²) in [6, 6.07) is 15.2. The smallest absolute Gasteiger partial charge is 0.241 e. The molecule has 6 nitrogen and oxygen atoms in total. The number of hydrogen-bond acceptors (Lipinski definition) is 5. The normalized spacial score (nSPS) is 19.8. The van der Waals surface area contributed by atoms with E-state index >= 15 is 0 Å². The number of rotatable bonds is 9. The van der Waals surface area contributed by atoms with Crippen molar-refractivity contribution in [2.24, 2.45) is 0 Å². The molecule has 0 spiro atoms. The fourth-order valence-electron chi connectivity index (χ4n) is 4.40. The van der Waals surface area contributed by atoms with E-state index in [-0.39, 0.29) is 6.04 Å². The maximum atomic E-state index is 12.9. The van der Waals surface area contributed by atoms with Gasteiger partial charge in [-0.05, 0) is 67.6 Å². The maximum absolute atomic E-state index is 12.9. The van der Waals surface area contributed by atoms with E-state index in [4.69, 9.17) is 4.74 Å². The highest BCUT2D eigenvalue weighted by molar-refractivity contribution is 7.89. The van der Waals surface area contributed by atoms with Crippen molar-refractivity contribution in [3.63, 3.8) is 0 Å². The van der Waals surface area contributed by atoms with Crippen LogP contribution in [0.25, 0.3) is 0 Å². The van der Waals surface area contributed by atoms with E-state index < -0.39 is 10.0 Å². The first-order valence-corrected chi connectivity index (χ1v) is 12.8. The minimum absolute atomic E-state index is 0.150. The molecule has 1 aliphatic heterocycles. The van der Waals surface area contributed by atoms with Crippen molar-refractivity contribution >= 4 is 10.0 Å². The fourth-order valence-corrected chi connectivity index (χ4v) is 5.65. The van der Waals surface area contributed by atoms with Gasteiger partial charge in [0.1, 0.15) is 0 Å². The number of fused-ring (bicyclic) bond motifs is 1. The highest BCUT2D eigenvalue weighted by atomic mass is 32.2. The molecule has 1 atom stereocenters. The molecule has 2 aromatic rings. The molecule has 0 aromatic heterocycles. The summed E-state index contributed by atoms with van der Waals surface area (Å²) < 4.78 is 34.2. The van der Waals surface area contributed by atoms with Crippen LogP contribution >= 0.6 is 0 Å². The number of ether oxygens (including phenoxy) is 1. The van der Waals surface area contributed by atoms with Crippen molar-refractivity contribution in [1.29, 1.82) is 0 Å². The van der Waals surface area contributed by atoms with Gasteiger partial charge in [-0.2, -0.15) is 0 Å². The van der Waals surface area contributed by atoms with Crippen LogP contribution in [0.5, 0.6) is 0 Å². The van der Waals surface area contributed by atoms with E-state index in [1.165, 1.54) is 5.56 Å². The summed E-state index contributed by atoms with van der Waals surface area (Å²) in [5.74, 6) is 0. The number of nitrogens with zero attached hydrogens (tertiary/aromatic N) is 1. The lowest BCUT2D eigenvalue weighted by atomic mass is 9.88. The molecule has 1 heterocycles. The van der Waals surface area contributed by atoms with Crippen molar-refractivity contribution in [1.82, 2.24) is 14.9 Å². The Balaban J connectivity index is 1.26. The van der Waals surface area contributed by atoms with Gasteiger partial charge in [-0.3, -0.25) is 4.90 Å². The average molecular weight is 444 g/mol. The molecule has 2 aliphatic rings. The summed E-state index contributed by atoms with van der Waals surface area (Å²) in [7, 11) is -3.55. The van der Waals surface area contributed by atoms with Gasteiger partial charge in [0.25, 0.3) is 0 Å². The third-order valence-electron chi connectivity index (χ3n) is 6.16. The summed E-state index contributed by atoms with van der Waals surface area (Å²) in [5, 5.41) is 3.45. The first-order valence-electron chi connectivity index (χ1n) is 11.3. The Morgan fingerprint density at radius 3 is 2.61 bits per heavy atom. The zero-order valence-corrected chi connectivity index (χ0v) is 18.9. The summed E-state index contributed by atoms with van der Waals surface area (Å²) in [6.07, 6.45) is 3.95. The predicted molar refractivity (Wildman–Crippen MR) is 122 cm³/mol. The Labute approximate surface area is 186 Å². The van der Waals surface area contributed by atoms with Crippen molar-refractivity contribution in [3.05, 3.63) is 65.2 Å². The molecule has 0 radical (unpaired) electrons. The van der Waals surface area contributed by atoms with Crippen LogP contribution < -0.4 is 10.0 Å². The molecule has 1 fully saturated rings. The molecule has 1 unspecified atom stereocenters. The molecule has 168 valence electrons. The van der Waals surface area contributed by atoms with Gasteiger partial charge in [0.2, 0.25) is 10.0 Å². The Bertz CT molecular complexity index is 941. The van der Waals surface area contributed by atoms with Crippen LogP contribution in [-0.4, -0.2) is 52.7 Å². The van der Waals surface area contributed by atoms with Gasteiger partial charge in [0.15, 0.2) is 0 Å². The number of morpholine rings is 1. The van der Waals surface area contributed by atoms with E-state index in [0.29, 0.717) is 4.90 Å². The van der Waals surface area contributed by atoms with Gasteiger partial charge in [-0.25, -0.2) is 13.1 Å². The Morgan fingerprint density at radius 2 is 1.81 bits per heavy atom. The molecule has 1 saturated heterocycles. The zero-order chi connectivity index (χ0) is 21.5. The average Bonchev–Trinajstić information content (AvgIpc) is 2.80. The van der Waals surface area contributed by atoms with Crippen molar-refractivity contribution in [2.45, 2.75) is 43.2 Å². The minimum atomic E-state index is -3.55. The Kier molecular flexibility index (Phi) is 7.74. The fraction of sp³-hybridized carbons (Fsp3) is 0.500. The first-order chi connectivity index (χ1) is 15.1. The summed E-state index contributed by atoms with van der Waals surface area (Å²) >= 11 is 0. The van der Waals surface area contributed by atoms with E-state index in [0.717, 1.165) is 82.7 Å². The molecule has 0 bridgehead atoms. The lowest BCUT2D eigenvalue weighted by Gasteiger charge is -2.26. The van der Waals surface area contributed by atoms with E-state index in [9.17, 15) is 8.42 Å². The molecule has 0 saturated carbocycles. The number of sulfonamides is 1. The molecule has 1 aliphatic carbocycles. The molecule has 0 amide bonds. The summed E-state index contributed by atoms with van der Waals surface area (Å²) in [6.45, 7) is 6.50. The number of hydrogen-bond donors (Lipinski definition) is 2. The van der Waals surface area contributed by atoms with Crippen molar-refractivity contribution in [2.75, 3.05) is 39.4 Å². The molecule has 31 heavy (non-hydrogen) atoms. The van der Waals surface area contributed by atoms with Gasteiger partial charge >= 0.3 is 0 Å². The molecule has 4 rings (SSSR count). The van der Waals surface area contributed by atoms with E-state index in [2.05, 4.69) is 21.0 Å². The zero-order valence-electron chi connectivity index (χ0n) is 18.1. The van der Waals surface area contributed by atoms with Crippen LogP contribution in [-0.2, 0) is 27.7 Å². The summed E-state index contributed by atoms with van der Waals surface area (Å²) in [5.41, 5.74) is 3.44. The monoisotopic (exact) mass is 443 g/mol. The van der Waals surface area contributed by atoms with Crippen LogP contribution in [0.15, 0.2) is 53.4 Å². The number of aryl methyl sites for hydroxylation is 1. The third-order valence-corrected chi connectivity index (χ3v) is 7.65. The Morgan fingerprint density at radius 1 is 1.03 bits per heavy atom. The van der Waals surface area contributed by atoms with E-state index in [1.54, 1.807) is 12.1 Å².